The number of carbonyl (C=O) groups excluding carboxylic acids is 1. The van der Waals surface area contributed by atoms with Crippen LogP contribution in [0, 0.1) is 0 Å². The van der Waals surface area contributed by atoms with E-state index in [4.69, 9.17) is 9.26 Å². The summed E-state index contributed by atoms with van der Waals surface area (Å²) >= 11 is 0. The van der Waals surface area contributed by atoms with Crippen LogP contribution in [0.5, 0.6) is 5.75 Å². The van der Waals surface area contributed by atoms with Crippen LogP contribution in [0.3, 0.4) is 0 Å². The molecule has 2 aromatic carbocycles. The van der Waals surface area contributed by atoms with Gasteiger partial charge in [0.15, 0.2) is 0 Å². The molecule has 30 heavy (non-hydrogen) atoms. The van der Waals surface area contributed by atoms with Gasteiger partial charge >= 0.3 is 0 Å². The summed E-state index contributed by atoms with van der Waals surface area (Å²) in [5.41, 5.74) is 4.62. The van der Waals surface area contributed by atoms with Gasteiger partial charge < -0.3 is 14.2 Å². The summed E-state index contributed by atoms with van der Waals surface area (Å²) < 4.78 is 11.2. The van der Waals surface area contributed by atoms with Gasteiger partial charge in [0.05, 0.1) is 12.0 Å². The second kappa shape index (κ2) is 7.59. The minimum Gasteiger partial charge on any atom is -0.491 e. The summed E-state index contributed by atoms with van der Waals surface area (Å²) in [7, 11) is 0. The second-order valence-electron chi connectivity index (χ2n) is 8.36. The molecule has 2 heterocycles. The Bertz CT molecular complexity index is 1070. The summed E-state index contributed by atoms with van der Waals surface area (Å²) in [4.78, 5) is 19.1. The zero-order chi connectivity index (χ0) is 20.7. The number of anilines is 1. The van der Waals surface area contributed by atoms with Gasteiger partial charge in [0.1, 0.15) is 5.75 Å². The third-order valence-electron chi connectivity index (χ3n) is 5.79. The Balaban J connectivity index is 1.31. The van der Waals surface area contributed by atoms with Crippen molar-refractivity contribution < 1.29 is 14.1 Å². The number of amides is 1. The quantitative estimate of drug-likeness (QED) is 0.626. The van der Waals surface area contributed by atoms with Crippen molar-refractivity contribution in [3.63, 3.8) is 0 Å². The minimum atomic E-state index is -0.0875. The van der Waals surface area contributed by atoms with Gasteiger partial charge in [-0.05, 0) is 80.6 Å². The molecule has 6 nitrogen and oxygen atoms in total. The molecule has 1 aromatic heterocycles. The second-order valence-corrected chi connectivity index (χ2v) is 8.36. The van der Waals surface area contributed by atoms with Crippen LogP contribution in [0.4, 0.5) is 5.69 Å². The SMILES string of the molecule is CC(C)Oc1ccc(-c2noc(C3CC(=O)N(c4ccc5c(c4)CCC5)C3)n2)cc1. The smallest absolute Gasteiger partial charge is 0.232 e. The predicted octanol–water partition coefficient (Wildman–Crippen LogP) is 4.53. The first kappa shape index (κ1) is 18.9. The number of fused-ring (bicyclic) bond motifs is 1. The summed E-state index contributed by atoms with van der Waals surface area (Å²) in [6.45, 7) is 4.56. The molecule has 2 aliphatic rings. The van der Waals surface area contributed by atoms with Gasteiger partial charge in [0.2, 0.25) is 17.6 Å². The fourth-order valence-electron chi connectivity index (χ4n) is 4.32. The fourth-order valence-corrected chi connectivity index (χ4v) is 4.32. The van der Waals surface area contributed by atoms with Crippen LogP contribution in [-0.4, -0.2) is 28.7 Å². The third-order valence-corrected chi connectivity index (χ3v) is 5.79. The lowest BCUT2D eigenvalue weighted by atomic mass is 10.1. The van der Waals surface area contributed by atoms with Crippen LogP contribution >= 0.6 is 0 Å². The molecule has 1 aliphatic carbocycles. The lowest BCUT2D eigenvalue weighted by molar-refractivity contribution is -0.117. The van der Waals surface area contributed by atoms with E-state index in [2.05, 4.69) is 28.3 Å². The Kier molecular flexibility index (Phi) is 4.77. The van der Waals surface area contributed by atoms with Crippen molar-refractivity contribution >= 4 is 11.6 Å². The first-order chi connectivity index (χ1) is 14.6. The van der Waals surface area contributed by atoms with Gasteiger partial charge in [-0.1, -0.05) is 11.2 Å². The standard InChI is InChI=1S/C24H25N3O3/c1-15(2)29-21-10-7-17(8-11-21)23-25-24(30-26-23)19-13-22(28)27(14-19)20-9-6-16-4-3-5-18(16)12-20/h6-12,15,19H,3-5,13-14H2,1-2H3. The molecule has 5 rings (SSSR count). The molecule has 1 atom stereocenters. The lowest BCUT2D eigenvalue weighted by Crippen LogP contribution is -2.24. The van der Waals surface area contributed by atoms with E-state index in [1.165, 1.54) is 17.5 Å². The highest BCUT2D eigenvalue weighted by Gasteiger charge is 2.35. The summed E-state index contributed by atoms with van der Waals surface area (Å²) in [5, 5.41) is 4.13. The first-order valence-electron chi connectivity index (χ1n) is 10.6. The first-order valence-corrected chi connectivity index (χ1v) is 10.6. The Morgan fingerprint density at radius 1 is 1.10 bits per heavy atom. The lowest BCUT2D eigenvalue weighted by Gasteiger charge is -2.17. The van der Waals surface area contributed by atoms with Crippen molar-refractivity contribution in [2.45, 2.75) is 51.6 Å². The number of hydrogen-bond acceptors (Lipinski definition) is 5. The van der Waals surface area contributed by atoms with Crippen LogP contribution in [-0.2, 0) is 17.6 Å². The maximum absolute atomic E-state index is 12.7. The van der Waals surface area contributed by atoms with Crippen LogP contribution < -0.4 is 9.64 Å². The monoisotopic (exact) mass is 403 g/mol. The molecule has 0 spiro atoms. The van der Waals surface area contributed by atoms with E-state index < -0.39 is 0 Å². The van der Waals surface area contributed by atoms with E-state index in [0.29, 0.717) is 24.7 Å². The summed E-state index contributed by atoms with van der Waals surface area (Å²) in [6.07, 6.45) is 3.95. The van der Waals surface area contributed by atoms with Crippen LogP contribution in [0.15, 0.2) is 47.0 Å². The number of nitrogens with zero attached hydrogens (tertiary/aromatic N) is 3. The van der Waals surface area contributed by atoms with Crippen molar-refractivity contribution in [2.24, 2.45) is 0 Å². The Morgan fingerprint density at radius 3 is 2.70 bits per heavy atom. The van der Waals surface area contributed by atoms with Crippen molar-refractivity contribution in [1.82, 2.24) is 10.1 Å². The highest BCUT2D eigenvalue weighted by Crippen LogP contribution is 2.34. The zero-order valence-corrected chi connectivity index (χ0v) is 17.3. The molecule has 0 saturated carbocycles. The number of benzene rings is 2. The molecule has 154 valence electrons. The van der Waals surface area contributed by atoms with Crippen LogP contribution in [0.2, 0.25) is 0 Å². The number of aromatic nitrogens is 2. The Labute approximate surface area is 175 Å². The maximum atomic E-state index is 12.7. The van der Waals surface area contributed by atoms with E-state index in [1.54, 1.807) is 0 Å². The van der Waals surface area contributed by atoms with Crippen molar-refractivity contribution in [1.29, 1.82) is 0 Å². The highest BCUT2D eigenvalue weighted by molar-refractivity contribution is 5.96. The van der Waals surface area contributed by atoms with Crippen LogP contribution in [0.25, 0.3) is 11.4 Å². The average Bonchev–Trinajstić information content (AvgIpc) is 3.46. The number of hydrogen-bond donors (Lipinski definition) is 0. The molecule has 1 amide bonds. The third kappa shape index (κ3) is 3.58. The Morgan fingerprint density at radius 2 is 1.90 bits per heavy atom. The van der Waals surface area contributed by atoms with E-state index in [1.807, 2.05) is 43.0 Å². The summed E-state index contributed by atoms with van der Waals surface area (Å²) in [5.74, 6) is 1.88. The van der Waals surface area contributed by atoms with E-state index in [9.17, 15) is 4.79 Å². The maximum Gasteiger partial charge on any atom is 0.232 e. The van der Waals surface area contributed by atoms with Gasteiger partial charge in [-0.2, -0.15) is 4.98 Å². The molecular formula is C24H25N3O3. The molecule has 0 bridgehead atoms. The molecule has 3 aromatic rings. The van der Waals surface area contributed by atoms with E-state index in [0.717, 1.165) is 29.8 Å². The minimum absolute atomic E-state index is 0.0875. The fraction of sp³-hybridized carbons (Fsp3) is 0.375. The van der Waals surface area contributed by atoms with E-state index >= 15 is 0 Å². The number of rotatable bonds is 5. The molecule has 6 heteroatoms. The highest BCUT2D eigenvalue weighted by atomic mass is 16.5. The molecule has 1 saturated heterocycles. The normalized spacial score (nSPS) is 18.3. The average molecular weight is 403 g/mol. The van der Waals surface area contributed by atoms with Crippen LogP contribution in [0.1, 0.15) is 49.6 Å². The number of ether oxygens (including phenoxy) is 1. The van der Waals surface area contributed by atoms with Gasteiger partial charge in [-0.3, -0.25) is 4.79 Å². The molecule has 1 unspecified atom stereocenters. The van der Waals surface area contributed by atoms with Crippen molar-refractivity contribution in [3.05, 3.63) is 59.5 Å². The summed E-state index contributed by atoms with van der Waals surface area (Å²) in [6, 6.07) is 14.0. The Hall–Kier alpha value is -3.15. The molecule has 0 radical (unpaired) electrons. The molecule has 1 aliphatic heterocycles. The largest absolute Gasteiger partial charge is 0.491 e. The van der Waals surface area contributed by atoms with Gasteiger partial charge in [-0.25, -0.2) is 0 Å². The van der Waals surface area contributed by atoms with Crippen molar-refractivity contribution in [3.8, 4) is 17.1 Å². The zero-order valence-electron chi connectivity index (χ0n) is 17.3. The predicted molar refractivity (Wildman–Crippen MR) is 114 cm³/mol. The van der Waals surface area contributed by atoms with Gasteiger partial charge in [0, 0.05) is 24.2 Å². The van der Waals surface area contributed by atoms with Gasteiger partial charge in [-0.15, -0.1) is 0 Å². The molecular weight excluding hydrogens is 378 g/mol. The van der Waals surface area contributed by atoms with Crippen molar-refractivity contribution in [2.75, 3.05) is 11.4 Å². The molecule has 0 N–H and O–H groups in total. The molecule has 1 fully saturated rings. The number of carbonyl (C=O) groups is 1. The number of aryl methyl sites for hydroxylation is 2. The van der Waals surface area contributed by atoms with Gasteiger partial charge in [0.25, 0.3) is 0 Å². The topological polar surface area (TPSA) is 68.5 Å². The van der Waals surface area contributed by atoms with E-state index in [-0.39, 0.29) is 17.9 Å².